The van der Waals surface area contributed by atoms with E-state index in [1.54, 1.807) is 6.08 Å². The van der Waals surface area contributed by atoms with E-state index in [1.165, 1.54) is 0 Å². The number of hydrogen-bond acceptors (Lipinski definition) is 3. The van der Waals surface area contributed by atoms with Crippen molar-refractivity contribution >= 4 is 24.6 Å². The zero-order chi connectivity index (χ0) is 15.0. The number of rotatable bonds is 3. The Kier molecular flexibility index (Phi) is 3.76. The first-order valence-corrected chi connectivity index (χ1v) is 6.58. The lowest BCUT2D eigenvalue weighted by atomic mass is 9.76. The van der Waals surface area contributed by atoms with Crippen LogP contribution in [0.5, 0.6) is 0 Å². The van der Waals surface area contributed by atoms with E-state index in [-0.39, 0.29) is 0 Å². The number of carbonyl (C=O) groups is 1. The summed E-state index contributed by atoms with van der Waals surface area (Å²) in [5.74, 6) is -0.978. The largest absolute Gasteiger partial charge is 0.495 e. The number of hydrogen-bond donors (Lipinski definition) is 1. The Bertz CT molecular complexity index is 533. The van der Waals surface area contributed by atoms with Gasteiger partial charge in [0.25, 0.3) is 0 Å². The van der Waals surface area contributed by atoms with Gasteiger partial charge in [-0.2, -0.15) is 0 Å². The summed E-state index contributed by atoms with van der Waals surface area (Å²) >= 11 is 0. The van der Waals surface area contributed by atoms with Gasteiger partial charge in [0, 0.05) is 6.08 Å². The average Bonchev–Trinajstić information content (AvgIpc) is 2.56. The normalized spacial score (nSPS) is 20.5. The molecule has 1 aliphatic heterocycles. The van der Waals surface area contributed by atoms with Crippen molar-refractivity contribution in [1.29, 1.82) is 0 Å². The quantitative estimate of drug-likeness (QED) is 0.677. The fourth-order valence-electron chi connectivity index (χ4n) is 2.01. The van der Waals surface area contributed by atoms with Crippen molar-refractivity contribution in [2.75, 3.05) is 0 Å². The summed E-state index contributed by atoms with van der Waals surface area (Å²) in [5, 5.41) is 8.75. The van der Waals surface area contributed by atoms with Gasteiger partial charge in [-0.05, 0) is 44.8 Å². The maximum atomic E-state index is 10.7. The second kappa shape index (κ2) is 5.07. The SMILES string of the molecule is CC1(C)OB(c2ccccc2C=CC(=O)O)OC1(C)C. The van der Waals surface area contributed by atoms with Crippen molar-refractivity contribution in [1.82, 2.24) is 0 Å². The van der Waals surface area contributed by atoms with E-state index < -0.39 is 24.3 Å². The molecule has 0 aromatic heterocycles. The Morgan fingerprint density at radius 1 is 1.15 bits per heavy atom. The van der Waals surface area contributed by atoms with Crippen LogP contribution in [0.15, 0.2) is 30.3 Å². The van der Waals surface area contributed by atoms with Crippen LogP contribution in [0.1, 0.15) is 33.3 Å². The molecule has 2 rings (SSSR count). The fourth-order valence-corrected chi connectivity index (χ4v) is 2.01. The van der Waals surface area contributed by atoms with Gasteiger partial charge in [0.05, 0.1) is 11.2 Å². The van der Waals surface area contributed by atoms with Crippen molar-refractivity contribution in [2.24, 2.45) is 0 Å². The minimum atomic E-state index is -0.978. The third-order valence-electron chi connectivity index (χ3n) is 3.91. The number of carboxylic acid groups (broad SMARTS) is 1. The van der Waals surface area contributed by atoms with Crippen molar-refractivity contribution < 1.29 is 19.2 Å². The standard InChI is InChI=1S/C15H19BO4/c1-14(2)15(3,4)20-16(19-14)12-8-6-5-7-11(12)9-10-13(17)18/h5-10H,1-4H3,(H,17,18). The van der Waals surface area contributed by atoms with E-state index in [9.17, 15) is 4.79 Å². The first-order chi connectivity index (χ1) is 9.23. The highest BCUT2D eigenvalue weighted by molar-refractivity contribution is 6.63. The topological polar surface area (TPSA) is 55.8 Å². The van der Waals surface area contributed by atoms with Gasteiger partial charge in [-0.1, -0.05) is 24.3 Å². The van der Waals surface area contributed by atoms with E-state index in [4.69, 9.17) is 14.4 Å². The Hall–Kier alpha value is -1.59. The molecule has 20 heavy (non-hydrogen) atoms. The molecule has 0 unspecified atom stereocenters. The first-order valence-electron chi connectivity index (χ1n) is 6.58. The van der Waals surface area contributed by atoms with Gasteiger partial charge in [-0.3, -0.25) is 0 Å². The first kappa shape index (κ1) is 14.8. The van der Waals surface area contributed by atoms with E-state index in [0.717, 1.165) is 17.1 Å². The monoisotopic (exact) mass is 274 g/mol. The van der Waals surface area contributed by atoms with Crippen molar-refractivity contribution in [2.45, 2.75) is 38.9 Å². The highest BCUT2D eigenvalue weighted by atomic mass is 16.7. The molecule has 5 heteroatoms. The predicted molar refractivity (Wildman–Crippen MR) is 78.8 cm³/mol. The van der Waals surface area contributed by atoms with Crippen LogP contribution in [0.4, 0.5) is 0 Å². The molecule has 0 radical (unpaired) electrons. The molecule has 106 valence electrons. The Morgan fingerprint density at radius 2 is 1.70 bits per heavy atom. The smallest absolute Gasteiger partial charge is 0.478 e. The lowest BCUT2D eigenvalue weighted by Gasteiger charge is -2.32. The Labute approximate surface area is 119 Å². The summed E-state index contributed by atoms with van der Waals surface area (Å²) in [6.45, 7) is 7.96. The zero-order valence-corrected chi connectivity index (χ0v) is 12.2. The molecule has 0 bridgehead atoms. The molecule has 1 aromatic carbocycles. The number of carboxylic acids is 1. The molecule has 4 nitrogen and oxygen atoms in total. The lowest BCUT2D eigenvalue weighted by molar-refractivity contribution is -0.131. The molecular weight excluding hydrogens is 255 g/mol. The molecule has 1 saturated heterocycles. The second-order valence-electron chi connectivity index (χ2n) is 5.89. The van der Waals surface area contributed by atoms with Crippen LogP contribution in [0, 0.1) is 0 Å². The van der Waals surface area contributed by atoms with Crippen molar-refractivity contribution in [3.63, 3.8) is 0 Å². The third-order valence-corrected chi connectivity index (χ3v) is 3.91. The van der Waals surface area contributed by atoms with Gasteiger partial charge >= 0.3 is 13.1 Å². The van der Waals surface area contributed by atoms with Crippen LogP contribution in [0.25, 0.3) is 6.08 Å². The van der Waals surface area contributed by atoms with Crippen LogP contribution in [0.2, 0.25) is 0 Å². The zero-order valence-electron chi connectivity index (χ0n) is 12.2. The number of benzene rings is 1. The van der Waals surface area contributed by atoms with Gasteiger partial charge < -0.3 is 14.4 Å². The van der Waals surface area contributed by atoms with E-state index >= 15 is 0 Å². The third kappa shape index (κ3) is 2.79. The summed E-state index contributed by atoms with van der Waals surface area (Å²) in [6.07, 6.45) is 2.67. The summed E-state index contributed by atoms with van der Waals surface area (Å²) in [6, 6.07) is 7.48. The summed E-state index contributed by atoms with van der Waals surface area (Å²) in [7, 11) is -0.491. The molecule has 1 aliphatic rings. The highest BCUT2D eigenvalue weighted by Crippen LogP contribution is 2.36. The molecule has 1 N–H and O–H groups in total. The van der Waals surface area contributed by atoms with Crippen LogP contribution in [-0.2, 0) is 14.1 Å². The Balaban J connectivity index is 2.33. The van der Waals surface area contributed by atoms with Gasteiger partial charge in [-0.15, -0.1) is 0 Å². The molecule has 0 spiro atoms. The molecular formula is C15H19BO4. The minimum absolute atomic E-state index is 0.415. The molecule has 1 aromatic rings. The van der Waals surface area contributed by atoms with Gasteiger partial charge in [0.15, 0.2) is 0 Å². The molecule has 0 atom stereocenters. The van der Waals surface area contributed by atoms with Gasteiger partial charge in [0.2, 0.25) is 0 Å². The molecule has 0 saturated carbocycles. The van der Waals surface area contributed by atoms with Gasteiger partial charge in [-0.25, -0.2) is 4.79 Å². The maximum absolute atomic E-state index is 10.7. The maximum Gasteiger partial charge on any atom is 0.495 e. The molecule has 1 fully saturated rings. The summed E-state index contributed by atoms with van der Waals surface area (Å²) < 4.78 is 12.0. The van der Waals surface area contributed by atoms with E-state index in [0.29, 0.717) is 0 Å². The van der Waals surface area contributed by atoms with Crippen molar-refractivity contribution in [3.05, 3.63) is 35.9 Å². The average molecular weight is 274 g/mol. The minimum Gasteiger partial charge on any atom is -0.478 e. The van der Waals surface area contributed by atoms with Crippen LogP contribution in [-0.4, -0.2) is 29.4 Å². The van der Waals surface area contributed by atoms with E-state index in [2.05, 4.69) is 0 Å². The van der Waals surface area contributed by atoms with E-state index in [1.807, 2.05) is 52.0 Å². The van der Waals surface area contributed by atoms with Crippen LogP contribution >= 0.6 is 0 Å². The fraction of sp³-hybridized carbons (Fsp3) is 0.400. The van der Waals surface area contributed by atoms with Crippen LogP contribution in [0.3, 0.4) is 0 Å². The Morgan fingerprint density at radius 3 is 2.25 bits per heavy atom. The lowest BCUT2D eigenvalue weighted by Crippen LogP contribution is -2.41. The molecule has 1 heterocycles. The van der Waals surface area contributed by atoms with Crippen LogP contribution < -0.4 is 5.46 Å². The summed E-state index contributed by atoms with van der Waals surface area (Å²) in [5.41, 5.74) is 0.791. The second-order valence-corrected chi connectivity index (χ2v) is 5.89. The molecule has 0 amide bonds. The summed E-state index contributed by atoms with van der Waals surface area (Å²) in [4.78, 5) is 10.7. The number of aliphatic carboxylic acids is 1. The predicted octanol–water partition coefficient (Wildman–Crippen LogP) is 2.08. The van der Waals surface area contributed by atoms with Crippen molar-refractivity contribution in [3.8, 4) is 0 Å². The highest BCUT2D eigenvalue weighted by Gasteiger charge is 2.52. The molecule has 0 aliphatic carbocycles. The van der Waals surface area contributed by atoms with Gasteiger partial charge in [0.1, 0.15) is 0 Å².